The molecule has 2 aromatic heterocycles. The lowest BCUT2D eigenvalue weighted by Gasteiger charge is -2.05. The van der Waals surface area contributed by atoms with Crippen molar-refractivity contribution in [2.45, 2.75) is 26.3 Å². The van der Waals surface area contributed by atoms with Gasteiger partial charge in [0.2, 0.25) is 0 Å². The van der Waals surface area contributed by atoms with E-state index in [0.29, 0.717) is 5.92 Å². The fraction of sp³-hybridized carbons (Fsp3) is 0.455. The lowest BCUT2D eigenvalue weighted by Crippen LogP contribution is -2.02. The van der Waals surface area contributed by atoms with Crippen LogP contribution >= 0.6 is 11.3 Å². The van der Waals surface area contributed by atoms with Gasteiger partial charge < -0.3 is 5.32 Å². The highest BCUT2D eigenvalue weighted by atomic mass is 32.1. The second-order valence-electron chi connectivity index (χ2n) is 4.06. The highest BCUT2D eigenvalue weighted by Crippen LogP contribution is 2.19. The van der Waals surface area contributed by atoms with Gasteiger partial charge in [-0.1, -0.05) is 13.8 Å². The summed E-state index contributed by atoms with van der Waals surface area (Å²) in [6.07, 6.45) is 3.87. The van der Waals surface area contributed by atoms with E-state index in [2.05, 4.69) is 35.4 Å². The number of aromatic nitrogens is 3. The van der Waals surface area contributed by atoms with Crippen molar-refractivity contribution in [3.8, 4) is 0 Å². The van der Waals surface area contributed by atoms with Crippen LogP contribution < -0.4 is 5.32 Å². The second-order valence-corrected chi connectivity index (χ2v) is 4.95. The van der Waals surface area contributed by atoms with E-state index < -0.39 is 0 Å². The van der Waals surface area contributed by atoms with Crippen molar-refractivity contribution >= 4 is 16.5 Å². The third-order valence-electron chi connectivity index (χ3n) is 2.35. The molecular weight excluding hydrogens is 220 g/mol. The summed E-state index contributed by atoms with van der Waals surface area (Å²) in [5, 5.41) is 10.7. The zero-order valence-corrected chi connectivity index (χ0v) is 10.6. The van der Waals surface area contributed by atoms with Crippen molar-refractivity contribution in [1.82, 2.24) is 14.8 Å². The van der Waals surface area contributed by atoms with Gasteiger partial charge in [-0.25, -0.2) is 4.98 Å². The normalized spacial score (nSPS) is 11.0. The molecule has 5 heteroatoms. The molecule has 2 aromatic rings. The minimum absolute atomic E-state index is 0.453. The van der Waals surface area contributed by atoms with Crippen LogP contribution in [0.1, 0.15) is 31.0 Å². The number of nitrogens with zero attached hydrogens (tertiary/aromatic N) is 3. The first-order valence-corrected chi connectivity index (χ1v) is 6.20. The van der Waals surface area contributed by atoms with Crippen molar-refractivity contribution in [2.24, 2.45) is 7.05 Å². The average Bonchev–Trinajstić information content (AvgIpc) is 2.83. The van der Waals surface area contributed by atoms with Crippen LogP contribution in [0.15, 0.2) is 17.8 Å². The largest absolute Gasteiger partial charge is 0.357 e. The van der Waals surface area contributed by atoms with Gasteiger partial charge in [0.05, 0.1) is 5.69 Å². The van der Waals surface area contributed by atoms with E-state index in [1.807, 2.05) is 17.1 Å². The standard InChI is InChI=1S/C11H16N4S/c1-8(2)10-9(7-15(3)14-10)6-13-11-12-4-5-16-11/h4-5,7-8H,6H2,1-3H3,(H,12,13). The molecule has 1 N–H and O–H groups in total. The maximum Gasteiger partial charge on any atom is 0.182 e. The zero-order chi connectivity index (χ0) is 11.5. The van der Waals surface area contributed by atoms with Crippen molar-refractivity contribution in [2.75, 3.05) is 5.32 Å². The van der Waals surface area contributed by atoms with Gasteiger partial charge >= 0.3 is 0 Å². The summed E-state index contributed by atoms with van der Waals surface area (Å²) in [7, 11) is 1.96. The molecule has 0 aliphatic heterocycles. The second kappa shape index (κ2) is 4.65. The summed E-state index contributed by atoms with van der Waals surface area (Å²) < 4.78 is 1.87. The minimum Gasteiger partial charge on any atom is -0.357 e. The Bertz CT molecular complexity index is 445. The lowest BCUT2D eigenvalue weighted by atomic mass is 10.1. The predicted molar refractivity (Wildman–Crippen MR) is 66.7 cm³/mol. The third-order valence-corrected chi connectivity index (χ3v) is 3.08. The fourth-order valence-corrected chi connectivity index (χ4v) is 2.19. The number of hydrogen-bond donors (Lipinski definition) is 1. The number of aryl methyl sites for hydroxylation is 1. The molecule has 2 rings (SSSR count). The van der Waals surface area contributed by atoms with Crippen LogP contribution in [0.25, 0.3) is 0 Å². The molecule has 0 radical (unpaired) electrons. The number of rotatable bonds is 4. The smallest absolute Gasteiger partial charge is 0.182 e. The first kappa shape index (κ1) is 11.1. The van der Waals surface area contributed by atoms with Crippen LogP contribution in [0.5, 0.6) is 0 Å². The molecule has 0 amide bonds. The lowest BCUT2D eigenvalue weighted by molar-refractivity contribution is 0.712. The number of hydrogen-bond acceptors (Lipinski definition) is 4. The molecule has 0 atom stereocenters. The molecule has 0 aliphatic rings. The van der Waals surface area contributed by atoms with Gasteiger partial charge in [0.25, 0.3) is 0 Å². The molecule has 0 bridgehead atoms. The van der Waals surface area contributed by atoms with E-state index in [1.54, 1.807) is 17.5 Å². The van der Waals surface area contributed by atoms with E-state index in [0.717, 1.165) is 17.4 Å². The highest BCUT2D eigenvalue weighted by molar-refractivity contribution is 7.13. The topological polar surface area (TPSA) is 42.7 Å². The Kier molecular flexibility index (Phi) is 3.24. The van der Waals surface area contributed by atoms with Crippen molar-refractivity contribution in [3.05, 3.63) is 29.0 Å². The van der Waals surface area contributed by atoms with Gasteiger partial charge in [0.1, 0.15) is 0 Å². The summed E-state index contributed by atoms with van der Waals surface area (Å²) >= 11 is 1.61. The Morgan fingerprint density at radius 1 is 1.50 bits per heavy atom. The molecule has 86 valence electrons. The van der Waals surface area contributed by atoms with Crippen LogP contribution in [0.4, 0.5) is 5.13 Å². The molecule has 0 aliphatic carbocycles. The van der Waals surface area contributed by atoms with E-state index in [-0.39, 0.29) is 0 Å². The van der Waals surface area contributed by atoms with Crippen LogP contribution in [0.3, 0.4) is 0 Å². The van der Waals surface area contributed by atoms with Crippen LogP contribution in [0.2, 0.25) is 0 Å². The average molecular weight is 236 g/mol. The Hall–Kier alpha value is -1.36. The minimum atomic E-state index is 0.453. The third kappa shape index (κ3) is 2.41. The van der Waals surface area contributed by atoms with Crippen LogP contribution in [-0.4, -0.2) is 14.8 Å². The van der Waals surface area contributed by atoms with Gasteiger partial charge in [0, 0.05) is 36.9 Å². The van der Waals surface area contributed by atoms with Gasteiger partial charge in [-0.3, -0.25) is 4.68 Å². The Morgan fingerprint density at radius 3 is 2.94 bits per heavy atom. The van der Waals surface area contributed by atoms with Crippen molar-refractivity contribution in [3.63, 3.8) is 0 Å². The van der Waals surface area contributed by atoms with Gasteiger partial charge in [0.15, 0.2) is 5.13 Å². The maximum absolute atomic E-state index is 4.47. The molecular formula is C11H16N4S. The molecule has 0 saturated carbocycles. The molecule has 0 saturated heterocycles. The van der Waals surface area contributed by atoms with Gasteiger partial charge in [-0.2, -0.15) is 5.10 Å². The van der Waals surface area contributed by atoms with Gasteiger partial charge in [-0.15, -0.1) is 11.3 Å². The van der Waals surface area contributed by atoms with Crippen LogP contribution in [-0.2, 0) is 13.6 Å². The summed E-state index contributed by atoms with van der Waals surface area (Å²) in [6, 6.07) is 0. The molecule has 4 nitrogen and oxygen atoms in total. The molecule has 0 unspecified atom stereocenters. The molecule has 0 aromatic carbocycles. The number of thiazole rings is 1. The SMILES string of the molecule is CC(C)c1nn(C)cc1CNc1nccs1. The quantitative estimate of drug-likeness (QED) is 0.887. The van der Waals surface area contributed by atoms with Crippen molar-refractivity contribution < 1.29 is 0 Å². The predicted octanol–water partition coefficient (Wildman–Crippen LogP) is 2.61. The van der Waals surface area contributed by atoms with E-state index >= 15 is 0 Å². The van der Waals surface area contributed by atoms with Gasteiger partial charge in [-0.05, 0) is 5.92 Å². The molecule has 2 heterocycles. The van der Waals surface area contributed by atoms with E-state index in [4.69, 9.17) is 0 Å². The summed E-state index contributed by atoms with van der Waals surface area (Å²) in [5.74, 6) is 0.453. The molecule has 0 fully saturated rings. The van der Waals surface area contributed by atoms with E-state index in [1.165, 1.54) is 5.56 Å². The molecule has 16 heavy (non-hydrogen) atoms. The first-order chi connectivity index (χ1) is 7.66. The maximum atomic E-state index is 4.47. The van der Waals surface area contributed by atoms with Crippen LogP contribution in [0, 0.1) is 0 Å². The summed E-state index contributed by atoms with van der Waals surface area (Å²) in [5.41, 5.74) is 2.40. The molecule has 0 spiro atoms. The monoisotopic (exact) mass is 236 g/mol. The first-order valence-electron chi connectivity index (χ1n) is 5.32. The Balaban J connectivity index is 2.09. The Morgan fingerprint density at radius 2 is 2.31 bits per heavy atom. The highest BCUT2D eigenvalue weighted by Gasteiger charge is 2.11. The van der Waals surface area contributed by atoms with E-state index in [9.17, 15) is 0 Å². The summed E-state index contributed by atoms with van der Waals surface area (Å²) in [4.78, 5) is 4.19. The zero-order valence-electron chi connectivity index (χ0n) is 9.77. The number of anilines is 1. The van der Waals surface area contributed by atoms with Crippen molar-refractivity contribution in [1.29, 1.82) is 0 Å². The fourth-order valence-electron chi connectivity index (χ4n) is 1.66. The summed E-state index contributed by atoms with van der Waals surface area (Å²) in [6.45, 7) is 5.11. The number of nitrogens with one attached hydrogen (secondary N) is 1. The Labute approximate surface area is 99.3 Å².